The molecule has 0 bridgehead atoms. The predicted octanol–water partition coefficient (Wildman–Crippen LogP) is 2.58. The van der Waals surface area contributed by atoms with Crippen molar-refractivity contribution in [2.45, 2.75) is 20.0 Å². The van der Waals surface area contributed by atoms with Gasteiger partial charge in [-0.25, -0.2) is 0 Å². The highest BCUT2D eigenvalue weighted by Crippen LogP contribution is 2.10. The fourth-order valence-electron chi connectivity index (χ4n) is 1.88. The van der Waals surface area contributed by atoms with E-state index in [0.717, 1.165) is 16.7 Å². The number of halogens is 1. The Bertz CT molecular complexity index is 669. The van der Waals surface area contributed by atoms with E-state index in [4.69, 9.17) is 11.6 Å². The number of carbonyl (C=O) groups is 2. The van der Waals surface area contributed by atoms with Gasteiger partial charge in [0.05, 0.1) is 0 Å². The van der Waals surface area contributed by atoms with Crippen LogP contribution in [0.4, 0.5) is 0 Å². The molecule has 0 atom stereocenters. The molecule has 4 nitrogen and oxygen atoms in total. The Morgan fingerprint density at radius 1 is 0.909 bits per heavy atom. The first-order valence-corrected chi connectivity index (χ1v) is 7.28. The van der Waals surface area contributed by atoms with Gasteiger partial charge in [0.1, 0.15) is 0 Å². The Balaban J connectivity index is 1.79. The number of amides is 2. The lowest BCUT2D eigenvalue weighted by atomic mass is 10.1. The minimum atomic E-state index is -0.660. The molecule has 0 saturated carbocycles. The molecule has 0 aliphatic carbocycles. The molecule has 2 rings (SSSR count). The van der Waals surface area contributed by atoms with E-state index < -0.39 is 11.8 Å². The van der Waals surface area contributed by atoms with Gasteiger partial charge in [-0.3, -0.25) is 9.59 Å². The number of nitrogens with one attached hydrogen (secondary N) is 2. The SMILES string of the molecule is Cc1ccc(CNC(=O)C(=O)NCc2cccc(Cl)c2)cc1. The summed E-state index contributed by atoms with van der Waals surface area (Å²) in [4.78, 5) is 23.4. The maximum Gasteiger partial charge on any atom is 0.309 e. The van der Waals surface area contributed by atoms with Gasteiger partial charge in [0, 0.05) is 18.1 Å². The minimum absolute atomic E-state index is 0.261. The summed E-state index contributed by atoms with van der Waals surface area (Å²) in [6, 6.07) is 14.9. The molecule has 0 aromatic heterocycles. The molecule has 5 heteroatoms. The standard InChI is InChI=1S/C17H17ClN2O2/c1-12-5-7-13(8-6-12)10-19-16(21)17(22)20-11-14-3-2-4-15(18)9-14/h2-9H,10-11H2,1H3,(H,19,21)(H,20,22). The van der Waals surface area contributed by atoms with Gasteiger partial charge in [-0.1, -0.05) is 53.6 Å². The molecule has 0 radical (unpaired) electrons. The molecule has 0 aliphatic rings. The molecule has 0 unspecified atom stereocenters. The van der Waals surface area contributed by atoms with Gasteiger partial charge in [-0.2, -0.15) is 0 Å². The molecule has 2 amide bonds. The van der Waals surface area contributed by atoms with E-state index >= 15 is 0 Å². The zero-order valence-electron chi connectivity index (χ0n) is 12.2. The van der Waals surface area contributed by atoms with E-state index in [-0.39, 0.29) is 6.54 Å². The number of rotatable bonds is 4. The third-order valence-corrected chi connectivity index (χ3v) is 3.36. The number of hydrogen-bond donors (Lipinski definition) is 2. The summed E-state index contributed by atoms with van der Waals surface area (Å²) in [5, 5.41) is 5.74. The summed E-state index contributed by atoms with van der Waals surface area (Å²) in [5.74, 6) is -1.31. The van der Waals surface area contributed by atoms with Crippen molar-refractivity contribution in [3.05, 3.63) is 70.2 Å². The van der Waals surface area contributed by atoms with Gasteiger partial charge in [0.25, 0.3) is 0 Å². The van der Waals surface area contributed by atoms with Crippen molar-refractivity contribution in [2.75, 3.05) is 0 Å². The summed E-state index contributed by atoms with van der Waals surface area (Å²) in [5.41, 5.74) is 2.93. The Hall–Kier alpha value is -2.33. The summed E-state index contributed by atoms with van der Waals surface area (Å²) in [6.45, 7) is 2.58. The van der Waals surface area contributed by atoms with Crippen LogP contribution in [0.25, 0.3) is 0 Å². The van der Waals surface area contributed by atoms with Crippen molar-refractivity contribution >= 4 is 23.4 Å². The van der Waals surface area contributed by atoms with Crippen molar-refractivity contribution < 1.29 is 9.59 Å². The average molecular weight is 317 g/mol. The van der Waals surface area contributed by atoms with E-state index in [1.165, 1.54) is 0 Å². The largest absolute Gasteiger partial charge is 0.344 e. The highest BCUT2D eigenvalue weighted by molar-refractivity contribution is 6.35. The first kappa shape index (κ1) is 16.0. The zero-order chi connectivity index (χ0) is 15.9. The molecule has 2 aromatic rings. The summed E-state index contributed by atoms with van der Waals surface area (Å²) in [6.07, 6.45) is 0. The quantitative estimate of drug-likeness (QED) is 0.852. The van der Waals surface area contributed by atoms with Gasteiger partial charge in [-0.15, -0.1) is 0 Å². The van der Waals surface area contributed by atoms with Crippen LogP contribution in [0.2, 0.25) is 5.02 Å². The third-order valence-electron chi connectivity index (χ3n) is 3.12. The van der Waals surface area contributed by atoms with E-state index in [0.29, 0.717) is 11.6 Å². The highest BCUT2D eigenvalue weighted by atomic mass is 35.5. The fourth-order valence-corrected chi connectivity index (χ4v) is 2.09. The van der Waals surface area contributed by atoms with Gasteiger partial charge < -0.3 is 10.6 Å². The minimum Gasteiger partial charge on any atom is -0.344 e. The van der Waals surface area contributed by atoms with Crippen molar-refractivity contribution in [2.24, 2.45) is 0 Å². The van der Waals surface area contributed by atoms with Crippen molar-refractivity contribution in [3.8, 4) is 0 Å². The second-order valence-corrected chi connectivity index (χ2v) is 5.42. The average Bonchev–Trinajstić information content (AvgIpc) is 2.52. The second-order valence-electron chi connectivity index (χ2n) is 4.98. The van der Waals surface area contributed by atoms with Crippen LogP contribution in [-0.2, 0) is 22.7 Å². The van der Waals surface area contributed by atoms with Crippen LogP contribution in [0.5, 0.6) is 0 Å². The third kappa shape index (κ3) is 4.90. The van der Waals surface area contributed by atoms with Crippen LogP contribution < -0.4 is 10.6 Å². The zero-order valence-corrected chi connectivity index (χ0v) is 13.0. The highest BCUT2D eigenvalue weighted by Gasteiger charge is 2.12. The molecule has 0 saturated heterocycles. The lowest BCUT2D eigenvalue weighted by Gasteiger charge is -2.07. The second kappa shape index (κ2) is 7.61. The number of benzene rings is 2. The van der Waals surface area contributed by atoms with Crippen LogP contribution in [0.3, 0.4) is 0 Å². The number of hydrogen-bond acceptors (Lipinski definition) is 2. The molecule has 0 heterocycles. The maximum absolute atomic E-state index is 11.7. The van der Waals surface area contributed by atoms with Crippen molar-refractivity contribution in [1.82, 2.24) is 10.6 Å². The lowest BCUT2D eigenvalue weighted by molar-refractivity contribution is -0.139. The Morgan fingerprint density at radius 3 is 2.09 bits per heavy atom. The van der Waals surface area contributed by atoms with Crippen LogP contribution in [0.1, 0.15) is 16.7 Å². The van der Waals surface area contributed by atoms with Gasteiger partial charge in [-0.05, 0) is 30.2 Å². The first-order chi connectivity index (χ1) is 10.5. The first-order valence-electron chi connectivity index (χ1n) is 6.90. The van der Waals surface area contributed by atoms with Gasteiger partial charge in [0.15, 0.2) is 0 Å². The molecule has 22 heavy (non-hydrogen) atoms. The predicted molar refractivity (Wildman–Crippen MR) is 86.3 cm³/mol. The molecule has 2 aromatic carbocycles. The molecule has 114 valence electrons. The lowest BCUT2D eigenvalue weighted by Crippen LogP contribution is -2.39. The topological polar surface area (TPSA) is 58.2 Å². The maximum atomic E-state index is 11.7. The summed E-state index contributed by atoms with van der Waals surface area (Å²) >= 11 is 5.86. The van der Waals surface area contributed by atoms with Crippen LogP contribution in [-0.4, -0.2) is 11.8 Å². The van der Waals surface area contributed by atoms with Crippen molar-refractivity contribution in [1.29, 1.82) is 0 Å². The monoisotopic (exact) mass is 316 g/mol. The van der Waals surface area contributed by atoms with E-state index in [1.807, 2.05) is 37.3 Å². The van der Waals surface area contributed by atoms with Gasteiger partial charge >= 0.3 is 11.8 Å². The van der Waals surface area contributed by atoms with E-state index in [1.54, 1.807) is 18.2 Å². The summed E-state index contributed by atoms with van der Waals surface area (Å²) < 4.78 is 0. The number of carbonyl (C=O) groups excluding carboxylic acids is 2. The van der Waals surface area contributed by atoms with Crippen LogP contribution in [0, 0.1) is 6.92 Å². The van der Waals surface area contributed by atoms with Gasteiger partial charge in [0.2, 0.25) is 0 Å². The molecule has 2 N–H and O–H groups in total. The van der Waals surface area contributed by atoms with E-state index in [2.05, 4.69) is 10.6 Å². The van der Waals surface area contributed by atoms with Crippen LogP contribution >= 0.6 is 11.6 Å². The smallest absolute Gasteiger partial charge is 0.309 e. The normalized spacial score (nSPS) is 10.1. The molecule has 0 spiro atoms. The summed E-state index contributed by atoms with van der Waals surface area (Å²) in [7, 11) is 0. The van der Waals surface area contributed by atoms with E-state index in [9.17, 15) is 9.59 Å². The number of aryl methyl sites for hydroxylation is 1. The Labute approximate surface area is 134 Å². The van der Waals surface area contributed by atoms with Crippen LogP contribution in [0.15, 0.2) is 48.5 Å². The molecule has 0 fully saturated rings. The molecular formula is C17H17ClN2O2. The molecule has 0 aliphatic heterocycles. The van der Waals surface area contributed by atoms with Crippen molar-refractivity contribution in [3.63, 3.8) is 0 Å². The fraction of sp³-hybridized carbons (Fsp3) is 0.176. The Kier molecular flexibility index (Phi) is 5.55. The molecular weight excluding hydrogens is 300 g/mol. The Morgan fingerprint density at radius 2 is 1.50 bits per heavy atom.